The standard InChI is InChI=1S/C2H4N4O3S/c1-2-3-4-5-6(2)10(7,8)9/h1H3,(H,7,8,9). The maximum absolute atomic E-state index is 10.3. The normalized spacial score (nSPS) is 11.8. The predicted molar refractivity (Wildman–Crippen MR) is 29.5 cm³/mol. The lowest BCUT2D eigenvalue weighted by Crippen LogP contribution is -2.14. The van der Waals surface area contributed by atoms with Crippen LogP contribution in [0.4, 0.5) is 0 Å². The molecular formula is C2H4N4O3S. The first-order valence-electron chi connectivity index (χ1n) is 2.25. The van der Waals surface area contributed by atoms with Gasteiger partial charge in [-0.2, -0.15) is 8.42 Å². The summed E-state index contributed by atoms with van der Waals surface area (Å²) in [6.07, 6.45) is 0. The highest BCUT2D eigenvalue weighted by Gasteiger charge is 2.12. The summed E-state index contributed by atoms with van der Waals surface area (Å²) in [5, 5.41) is 9.26. The van der Waals surface area contributed by atoms with Gasteiger partial charge in [0.25, 0.3) is 0 Å². The Morgan fingerprint density at radius 2 is 2.20 bits per heavy atom. The largest absolute Gasteiger partial charge is 0.382 e. The van der Waals surface area contributed by atoms with Gasteiger partial charge in [0.15, 0.2) is 5.82 Å². The molecule has 1 rings (SSSR count). The summed E-state index contributed by atoms with van der Waals surface area (Å²) in [5.41, 5.74) is 0. The van der Waals surface area contributed by atoms with Gasteiger partial charge < -0.3 is 0 Å². The van der Waals surface area contributed by atoms with Crippen molar-refractivity contribution in [1.82, 2.24) is 19.6 Å². The minimum atomic E-state index is -4.31. The summed E-state index contributed by atoms with van der Waals surface area (Å²) in [7, 11) is -4.31. The third-order valence-corrected chi connectivity index (χ3v) is 1.58. The Labute approximate surface area is 56.5 Å². The van der Waals surface area contributed by atoms with Gasteiger partial charge in [-0.05, 0) is 17.4 Å². The summed E-state index contributed by atoms with van der Waals surface area (Å²) >= 11 is 0. The molecule has 56 valence electrons. The van der Waals surface area contributed by atoms with Crippen LogP contribution in [0, 0.1) is 6.92 Å². The monoisotopic (exact) mass is 164 g/mol. The van der Waals surface area contributed by atoms with Crippen LogP contribution in [-0.4, -0.2) is 32.6 Å². The molecule has 0 saturated heterocycles. The van der Waals surface area contributed by atoms with Crippen LogP contribution in [0.3, 0.4) is 0 Å². The van der Waals surface area contributed by atoms with Crippen LogP contribution < -0.4 is 0 Å². The molecule has 0 atom stereocenters. The third kappa shape index (κ3) is 1.11. The van der Waals surface area contributed by atoms with Crippen molar-refractivity contribution in [2.75, 3.05) is 0 Å². The average Bonchev–Trinajstić information content (AvgIpc) is 2.11. The van der Waals surface area contributed by atoms with Crippen molar-refractivity contribution in [3.8, 4) is 0 Å². The van der Waals surface area contributed by atoms with E-state index in [9.17, 15) is 8.42 Å². The maximum Gasteiger partial charge on any atom is 0.382 e. The maximum atomic E-state index is 10.3. The summed E-state index contributed by atoms with van der Waals surface area (Å²) in [5.74, 6) is 0.0162. The molecule has 0 unspecified atom stereocenters. The second kappa shape index (κ2) is 1.99. The first-order chi connectivity index (χ1) is 4.52. The van der Waals surface area contributed by atoms with Crippen molar-refractivity contribution in [1.29, 1.82) is 0 Å². The molecule has 7 nitrogen and oxygen atoms in total. The fourth-order valence-corrected chi connectivity index (χ4v) is 0.932. The molecule has 1 heterocycles. The van der Waals surface area contributed by atoms with Crippen LogP contribution in [0.5, 0.6) is 0 Å². The average molecular weight is 164 g/mol. The third-order valence-electron chi connectivity index (χ3n) is 0.806. The number of hydrogen-bond donors (Lipinski definition) is 1. The zero-order valence-corrected chi connectivity index (χ0v) is 5.78. The van der Waals surface area contributed by atoms with Crippen molar-refractivity contribution >= 4 is 10.3 Å². The Balaban J connectivity index is 3.32. The number of aryl methyl sites for hydroxylation is 1. The molecule has 0 radical (unpaired) electrons. The van der Waals surface area contributed by atoms with Crippen molar-refractivity contribution in [3.05, 3.63) is 5.82 Å². The lowest BCUT2D eigenvalue weighted by atomic mass is 10.8. The van der Waals surface area contributed by atoms with Gasteiger partial charge >= 0.3 is 10.3 Å². The second-order valence-electron chi connectivity index (χ2n) is 1.55. The molecule has 0 aromatic carbocycles. The SMILES string of the molecule is Cc1nnnn1S(=O)(=O)O. The lowest BCUT2D eigenvalue weighted by molar-refractivity contribution is 0.462. The highest BCUT2D eigenvalue weighted by Crippen LogP contribution is 1.91. The minimum absolute atomic E-state index is 0.0162. The molecule has 0 fully saturated rings. The van der Waals surface area contributed by atoms with Gasteiger partial charge in [0.2, 0.25) is 0 Å². The van der Waals surface area contributed by atoms with Gasteiger partial charge in [-0.3, -0.25) is 4.55 Å². The molecule has 0 saturated carbocycles. The topological polar surface area (TPSA) is 98.0 Å². The number of aromatic nitrogens is 4. The number of nitrogens with zero attached hydrogens (tertiary/aromatic N) is 4. The number of tetrazole rings is 1. The summed E-state index contributed by atoms with van der Waals surface area (Å²) in [6.45, 7) is 1.35. The fourth-order valence-electron chi connectivity index (χ4n) is 0.437. The predicted octanol–water partition coefficient (Wildman–Crippen LogP) is -1.37. The van der Waals surface area contributed by atoms with E-state index in [0.29, 0.717) is 4.09 Å². The molecule has 0 aliphatic carbocycles. The molecular weight excluding hydrogens is 160 g/mol. The molecule has 1 aromatic heterocycles. The highest BCUT2D eigenvalue weighted by molar-refractivity contribution is 7.84. The van der Waals surface area contributed by atoms with Crippen LogP contribution in [0.15, 0.2) is 0 Å². The van der Waals surface area contributed by atoms with Gasteiger partial charge in [-0.15, -0.1) is 5.10 Å². The number of rotatable bonds is 1. The Morgan fingerprint density at radius 3 is 2.40 bits per heavy atom. The Kier molecular flexibility index (Phi) is 1.41. The van der Waals surface area contributed by atoms with E-state index in [1.165, 1.54) is 6.92 Å². The van der Waals surface area contributed by atoms with Gasteiger partial charge in [-0.25, -0.2) is 0 Å². The molecule has 0 spiro atoms. The van der Waals surface area contributed by atoms with Crippen LogP contribution in [0.2, 0.25) is 0 Å². The van der Waals surface area contributed by atoms with Gasteiger partial charge in [-0.1, -0.05) is 4.09 Å². The highest BCUT2D eigenvalue weighted by atomic mass is 32.2. The number of hydrogen-bond acceptors (Lipinski definition) is 5. The first-order valence-corrected chi connectivity index (χ1v) is 3.64. The van der Waals surface area contributed by atoms with E-state index < -0.39 is 10.3 Å². The van der Waals surface area contributed by atoms with E-state index in [2.05, 4.69) is 15.5 Å². The molecule has 0 amide bonds. The fraction of sp³-hybridized carbons (Fsp3) is 0.500. The van der Waals surface area contributed by atoms with Gasteiger partial charge in [0.1, 0.15) is 0 Å². The second-order valence-corrected chi connectivity index (χ2v) is 2.79. The molecule has 0 aliphatic rings. The van der Waals surface area contributed by atoms with Crippen LogP contribution >= 0.6 is 0 Å². The Bertz CT molecular complexity index is 326. The van der Waals surface area contributed by atoms with Crippen molar-refractivity contribution in [2.24, 2.45) is 0 Å². The van der Waals surface area contributed by atoms with Crippen LogP contribution in [0.25, 0.3) is 0 Å². The van der Waals surface area contributed by atoms with Gasteiger partial charge in [0, 0.05) is 0 Å². The van der Waals surface area contributed by atoms with E-state index >= 15 is 0 Å². The molecule has 10 heavy (non-hydrogen) atoms. The molecule has 1 N–H and O–H groups in total. The van der Waals surface area contributed by atoms with Crippen molar-refractivity contribution in [2.45, 2.75) is 6.92 Å². The molecule has 1 aromatic rings. The summed E-state index contributed by atoms with van der Waals surface area (Å²) < 4.78 is 29.3. The van der Waals surface area contributed by atoms with E-state index in [0.717, 1.165) is 0 Å². The zero-order chi connectivity index (χ0) is 7.78. The quantitative estimate of drug-likeness (QED) is 0.514. The summed E-state index contributed by atoms with van der Waals surface area (Å²) in [4.78, 5) is 0. The molecule has 8 heteroatoms. The lowest BCUT2D eigenvalue weighted by Gasteiger charge is -1.91. The molecule has 0 aliphatic heterocycles. The van der Waals surface area contributed by atoms with E-state index in [-0.39, 0.29) is 5.82 Å². The summed E-state index contributed by atoms with van der Waals surface area (Å²) in [6, 6.07) is 0. The minimum Gasteiger partial charge on any atom is -0.268 e. The van der Waals surface area contributed by atoms with Gasteiger partial charge in [0.05, 0.1) is 0 Å². The van der Waals surface area contributed by atoms with E-state index in [4.69, 9.17) is 4.55 Å². The Hall–Kier alpha value is -1.02. The van der Waals surface area contributed by atoms with Crippen LogP contribution in [-0.2, 0) is 10.3 Å². The van der Waals surface area contributed by atoms with Crippen LogP contribution in [0.1, 0.15) is 5.82 Å². The Morgan fingerprint density at radius 1 is 1.60 bits per heavy atom. The first kappa shape index (κ1) is 7.09. The van der Waals surface area contributed by atoms with Crippen molar-refractivity contribution < 1.29 is 13.0 Å². The van der Waals surface area contributed by atoms with E-state index in [1.54, 1.807) is 0 Å². The molecule has 0 bridgehead atoms. The smallest absolute Gasteiger partial charge is 0.268 e. The van der Waals surface area contributed by atoms with Crippen molar-refractivity contribution in [3.63, 3.8) is 0 Å². The zero-order valence-electron chi connectivity index (χ0n) is 4.96. The van der Waals surface area contributed by atoms with E-state index in [1.807, 2.05) is 0 Å².